The number of benzene rings is 1. The third kappa shape index (κ3) is 1.69. The molecule has 4 nitrogen and oxygen atoms in total. The maximum atomic E-state index is 8.80. The minimum atomic E-state index is 0.650. The fourth-order valence-electron chi connectivity index (χ4n) is 2.25. The summed E-state index contributed by atoms with van der Waals surface area (Å²) in [5.41, 5.74) is 5.10. The first-order chi connectivity index (χ1) is 8.79. The van der Waals surface area contributed by atoms with E-state index in [-0.39, 0.29) is 0 Å². The van der Waals surface area contributed by atoms with E-state index >= 15 is 0 Å². The van der Waals surface area contributed by atoms with Crippen molar-refractivity contribution in [1.29, 1.82) is 5.26 Å². The first-order valence-corrected chi connectivity index (χ1v) is 5.95. The van der Waals surface area contributed by atoms with Gasteiger partial charge in [-0.25, -0.2) is 4.68 Å². The van der Waals surface area contributed by atoms with Crippen molar-refractivity contribution >= 4 is 0 Å². The average molecular weight is 239 g/mol. The topological polar surface area (TPSA) is 50.8 Å². The molecule has 0 bridgehead atoms. The van der Waals surface area contributed by atoms with Gasteiger partial charge in [0.1, 0.15) is 0 Å². The summed E-state index contributed by atoms with van der Waals surface area (Å²) in [5, 5.41) is 13.4. The van der Waals surface area contributed by atoms with Crippen molar-refractivity contribution in [3.63, 3.8) is 0 Å². The van der Waals surface area contributed by atoms with E-state index in [1.165, 1.54) is 5.56 Å². The summed E-state index contributed by atoms with van der Waals surface area (Å²) in [5.74, 6) is 0. The molecule has 0 spiro atoms. The summed E-state index contributed by atoms with van der Waals surface area (Å²) in [6.07, 6.45) is 0.874. The number of aromatic nitrogens is 2. The van der Waals surface area contributed by atoms with Gasteiger partial charge in [0, 0.05) is 17.7 Å². The maximum Gasteiger partial charge on any atom is 0.0991 e. The largest absolute Gasteiger partial charge is 0.376 e. The third-order valence-corrected chi connectivity index (χ3v) is 3.29. The minimum absolute atomic E-state index is 0.650. The second kappa shape index (κ2) is 4.28. The smallest absolute Gasteiger partial charge is 0.0991 e. The summed E-state index contributed by atoms with van der Waals surface area (Å²) >= 11 is 0. The Labute approximate surface area is 105 Å². The summed E-state index contributed by atoms with van der Waals surface area (Å²) in [4.78, 5) is 0. The molecule has 0 atom stereocenters. The molecule has 2 heterocycles. The minimum Gasteiger partial charge on any atom is -0.376 e. The molecule has 0 saturated heterocycles. The Morgan fingerprint density at radius 1 is 1.33 bits per heavy atom. The highest BCUT2D eigenvalue weighted by molar-refractivity contribution is 5.42. The standard InChI is InChI=1S/C14H13N3O/c1-10-13-9-18-7-6-14(13)16-17(10)12-4-2-11(8-15)3-5-12/h2-5H,6-7,9H2,1H3. The number of ether oxygens (including phenoxy) is 1. The van der Waals surface area contributed by atoms with Crippen LogP contribution in [0.1, 0.15) is 22.5 Å². The van der Waals surface area contributed by atoms with Crippen LogP contribution in [0.25, 0.3) is 5.69 Å². The number of hydrogen-bond donors (Lipinski definition) is 0. The van der Waals surface area contributed by atoms with E-state index < -0.39 is 0 Å². The zero-order chi connectivity index (χ0) is 12.5. The molecule has 1 aliphatic rings. The van der Waals surface area contributed by atoms with Crippen LogP contribution >= 0.6 is 0 Å². The molecule has 2 aromatic rings. The molecule has 3 rings (SSSR count). The summed E-state index contributed by atoms with van der Waals surface area (Å²) in [6.45, 7) is 3.45. The first kappa shape index (κ1) is 11.0. The predicted molar refractivity (Wildman–Crippen MR) is 66.4 cm³/mol. The van der Waals surface area contributed by atoms with Crippen LogP contribution in [-0.2, 0) is 17.8 Å². The van der Waals surface area contributed by atoms with Gasteiger partial charge in [-0.1, -0.05) is 0 Å². The number of nitrogens with zero attached hydrogens (tertiary/aromatic N) is 3. The summed E-state index contributed by atoms with van der Waals surface area (Å²) in [6, 6.07) is 9.59. The van der Waals surface area contributed by atoms with Crippen LogP contribution in [0.15, 0.2) is 24.3 Å². The SMILES string of the molecule is Cc1c2c(nn1-c1ccc(C#N)cc1)CCOC2. The molecule has 1 aromatic carbocycles. The van der Waals surface area contributed by atoms with E-state index in [1.54, 1.807) is 0 Å². The van der Waals surface area contributed by atoms with Crippen LogP contribution in [0.5, 0.6) is 0 Å². The molecule has 4 heteroatoms. The molecule has 0 amide bonds. The van der Waals surface area contributed by atoms with Crippen LogP contribution in [0.4, 0.5) is 0 Å². The van der Waals surface area contributed by atoms with Crippen molar-refractivity contribution in [2.45, 2.75) is 20.0 Å². The van der Waals surface area contributed by atoms with Crippen LogP contribution in [-0.4, -0.2) is 16.4 Å². The molecule has 18 heavy (non-hydrogen) atoms. The number of nitriles is 1. The van der Waals surface area contributed by atoms with Gasteiger partial charge in [-0.05, 0) is 31.2 Å². The lowest BCUT2D eigenvalue weighted by Gasteiger charge is -2.10. The van der Waals surface area contributed by atoms with Crippen molar-refractivity contribution in [3.05, 3.63) is 46.8 Å². The Morgan fingerprint density at radius 3 is 2.78 bits per heavy atom. The van der Waals surface area contributed by atoms with Crippen LogP contribution in [0.2, 0.25) is 0 Å². The lowest BCUT2D eigenvalue weighted by Crippen LogP contribution is -2.08. The van der Waals surface area contributed by atoms with Gasteiger partial charge in [0.05, 0.1) is 36.2 Å². The van der Waals surface area contributed by atoms with E-state index in [1.807, 2.05) is 28.9 Å². The van der Waals surface area contributed by atoms with E-state index in [9.17, 15) is 0 Å². The van der Waals surface area contributed by atoms with Gasteiger partial charge in [-0.2, -0.15) is 10.4 Å². The zero-order valence-corrected chi connectivity index (χ0v) is 10.2. The highest BCUT2D eigenvalue weighted by atomic mass is 16.5. The number of rotatable bonds is 1. The van der Waals surface area contributed by atoms with Gasteiger partial charge in [-0.3, -0.25) is 0 Å². The quantitative estimate of drug-likeness (QED) is 0.766. The molecular formula is C14H13N3O. The lowest BCUT2D eigenvalue weighted by molar-refractivity contribution is 0.110. The Morgan fingerprint density at radius 2 is 2.11 bits per heavy atom. The molecule has 0 radical (unpaired) electrons. The highest BCUT2D eigenvalue weighted by Crippen LogP contribution is 2.22. The molecule has 0 unspecified atom stereocenters. The fourth-order valence-corrected chi connectivity index (χ4v) is 2.25. The summed E-state index contributed by atoms with van der Waals surface area (Å²) in [7, 11) is 0. The first-order valence-electron chi connectivity index (χ1n) is 5.95. The van der Waals surface area contributed by atoms with Crippen molar-refractivity contribution < 1.29 is 4.74 Å². The summed E-state index contributed by atoms with van der Waals surface area (Å²) < 4.78 is 7.40. The third-order valence-electron chi connectivity index (χ3n) is 3.29. The van der Waals surface area contributed by atoms with E-state index in [2.05, 4.69) is 18.1 Å². The lowest BCUT2D eigenvalue weighted by atomic mass is 10.1. The van der Waals surface area contributed by atoms with Gasteiger partial charge < -0.3 is 4.74 Å². The molecular weight excluding hydrogens is 226 g/mol. The van der Waals surface area contributed by atoms with Crippen LogP contribution in [0.3, 0.4) is 0 Å². The molecule has 0 saturated carbocycles. The van der Waals surface area contributed by atoms with Crippen LogP contribution in [0, 0.1) is 18.3 Å². The Bertz CT molecular complexity index is 620. The Hall–Kier alpha value is -2.12. The molecule has 0 aliphatic carbocycles. The second-order valence-electron chi connectivity index (χ2n) is 4.38. The van der Waals surface area contributed by atoms with Gasteiger partial charge >= 0.3 is 0 Å². The fraction of sp³-hybridized carbons (Fsp3) is 0.286. The van der Waals surface area contributed by atoms with Crippen molar-refractivity contribution in [1.82, 2.24) is 9.78 Å². The Kier molecular flexibility index (Phi) is 2.62. The molecule has 90 valence electrons. The van der Waals surface area contributed by atoms with Gasteiger partial charge in [0.2, 0.25) is 0 Å². The highest BCUT2D eigenvalue weighted by Gasteiger charge is 2.18. The average Bonchev–Trinajstić information content (AvgIpc) is 2.77. The second-order valence-corrected chi connectivity index (χ2v) is 4.38. The van der Waals surface area contributed by atoms with Crippen molar-refractivity contribution in [3.8, 4) is 11.8 Å². The monoisotopic (exact) mass is 239 g/mol. The molecule has 0 N–H and O–H groups in total. The van der Waals surface area contributed by atoms with Crippen LogP contribution < -0.4 is 0 Å². The van der Waals surface area contributed by atoms with E-state index in [0.717, 1.165) is 30.1 Å². The normalized spacial score (nSPS) is 14.0. The zero-order valence-electron chi connectivity index (χ0n) is 10.2. The molecule has 1 aromatic heterocycles. The maximum absolute atomic E-state index is 8.80. The van der Waals surface area contributed by atoms with E-state index in [4.69, 9.17) is 10.00 Å². The van der Waals surface area contributed by atoms with Gasteiger partial charge in [-0.15, -0.1) is 0 Å². The van der Waals surface area contributed by atoms with Crippen molar-refractivity contribution in [2.75, 3.05) is 6.61 Å². The van der Waals surface area contributed by atoms with E-state index in [0.29, 0.717) is 12.2 Å². The number of hydrogen-bond acceptors (Lipinski definition) is 3. The van der Waals surface area contributed by atoms with Gasteiger partial charge in [0.15, 0.2) is 0 Å². The number of fused-ring (bicyclic) bond motifs is 1. The molecule has 1 aliphatic heterocycles. The predicted octanol–water partition coefficient (Wildman–Crippen LogP) is 2.13. The van der Waals surface area contributed by atoms with Gasteiger partial charge in [0.25, 0.3) is 0 Å². The molecule has 0 fully saturated rings. The Balaban J connectivity index is 2.06. The van der Waals surface area contributed by atoms with Crippen molar-refractivity contribution in [2.24, 2.45) is 0 Å².